The summed E-state index contributed by atoms with van der Waals surface area (Å²) >= 11 is 1.88. The van der Waals surface area contributed by atoms with E-state index < -0.39 is 0 Å². The molecule has 0 bridgehead atoms. The Kier molecular flexibility index (Phi) is 9.23. The molecule has 1 fully saturated rings. The third kappa shape index (κ3) is 6.11. The van der Waals surface area contributed by atoms with E-state index in [0.29, 0.717) is 18.1 Å². The van der Waals surface area contributed by atoms with Gasteiger partial charge in [0.2, 0.25) is 0 Å². The molecule has 7 heteroatoms. The van der Waals surface area contributed by atoms with Crippen molar-refractivity contribution >= 4 is 41.7 Å². The van der Waals surface area contributed by atoms with Gasteiger partial charge >= 0.3 is 0 Å². The summed E-state index contributed by atoms with van der Waals surface area (Å²) in [4.78, 5) is 4.21. The summed E-state index contributed by atoms with van der Waals surface area (Å²) in [6.07, 6.45) is 4.21. The molecule has 4 nitrogen and oxygen atoms in total. The topological polar surface area (TPSA) is 45.7 Å². The minimum absolute atomic E-state index is 0. The molecule has 2 N–H and O–H groups in total. The van der Waals surface area contributed by atoms with Crippen LogP contribution >= 0.6 is 35.7 Å². The van der Waals surface area contributed by atoms with Crippen LogP contribution < -0.4 is 10.6 Å². The summed E-state index contributed by atoms with van der Waals surface area (Å²) in [7, 11) is 1.73. The third-order valence-corrected chi connectivity index (χ3v) is 5.46. The highest BCUT2D eigenvalue weighted by Gasteiger charge is 2.31. The summed E-state index contributed by atoms with van der Waals surface area (Å²) in [6, 6.07) is 6.77. The number of hydrogen-bond donors (Lipinski definition) is 2. The van der Waals surface area contributed by atoms with E-state index in [9.17, 15) is 4.39 Å². The van der Waals surface area contributed by atoms with Crippen molar-refractivity contribution in [1.29, 1.82) is 0 Å². The number of ether oxygens (including phenoxy) is 1. The number of aliphatic imine (C=N–C) groups is 1. The van der Waals surface area contributed by atoms with Crippen LogP contribution in [0.15, 0.2) is 29.3 Å². The molecule has 0 aliphatic carbocycles. The van der Waals surface area contributed by atoms with Crippen LogP contribution in [0.25, 0.3) is 0 Å². The van der Waals surface area contributed by atoms with Crippen molar-refractivity contribution in [2.45, 2.75) is 24.1 Å². The van der Waals surface area contributed by atoms with E-state index in [1.807, 2.05) is 17.8 Å². The molecule has 0 atom stereocenters. The number of benzene rings is 1. The number of nitrogens with one attached hydrogen (secondary N) is 2. The smallest absolute Gasteiger partial charge is 0.191 e. The lowest BCUT2D eigenvalue weighted by Gasteiger charge is -2.36. The van der Waals surface area contributed by atoms with Gasteiger partial charge in [-0.1, -0.05) is 18.2 Å². The van der Waals surface area contributed by atoms with Gasteiger partial charge in [-0.25, -0.2) is 4.39 Å². The van der Waals surface area contributed by atoms with Crippen LogP contribution in [0.1, 0.15) is 18.4 Å². The van der Waals surface area contributed by atoms with Crippen molar-refractivity contribution < 1.29 is 9.13 Å². The van der Waals surface area contributed by atoms with E-state index >= 15 is 0 Å². The first-order valence-electron chi connectivity index (χ1n) is 7.50. The fourth-order valence-corrected chi connectivity index (χ4v) is 3.27. The normalized spacial score (nSPS) is 17.3. The van der Waals surface area contributed by atoms with Crippen LogP contribution in [0.5, 0.6) is 0 Å². The molecule has 0 radical (unpaired) electrons. The third-order valence-electron chi connectivity index (χ3n) is 4.04. The van der Waals surface area contributed by atoms with Crippen molar-refractivity contribution in [1.82, 2.24) is 10.6 Å². The zero-order valence-electron chi connectivity index (χ0n) is 13.6. The second kappa shape index (κ2) is 10.4. The zero-order valence-corrected chi connectivity index (χ0v) is 16.7. The molecule has 1 aliphatic heterocycles. The second-order valence-electron chi connectivity index (χ2n) is 5.37. The van der Waals surface area contributed by atoms with E-state index in [2.05, 4.69) is 21.9 Å². The Bertz CT molecular complexity index is 510. The lowest BCUT2D eigenvalue weighted by Crippen LogP contribution is -2.47. The Morgan fingerprint density at radius 2 is 2.00 bits per heavy atom. The van der Waals surface area contributed by atoms with Gasteiger partial charge in [-0.05, 0) is 25.2 Å². The van der Waals surface area contributed by atoms with Gasteiger partial charge in [0, 0.05) is 43.7 Å². The van der Waals surface area contributed by atoms with Gasteiger partial charge in [0.05, 0.1) is 0 Å². The zero-order chi connectivity index (χ0) is 15.8. The molecule has 0 spiro atoms. The van der Waals surface area contributed by atoms with E-state index in [4.69, 9.17) is 4.74 Å². The molecule has 23 heavy (non-hydrogen) atoms. The standard InChI is InChI=1S/C16H24FN3OS.HI/c1-18-15(19-11-13-5-3-4-6-14(13)17)20-12-16(22-2)7-9-21-10-8-16;/h3-6H,7-12H2,1-2H3,(H2,18,19,20);1H. The largest absolute Gasteiger partial charge is 0.381 e. The van der Waals surface area contributed by atoms with Crippen LogP contribution in [0.4, 0.5) is 4.39 Å². The molecule has 1 aliphatic rings. The average molecular weight is 453 g/mol. The van der Waals surface area contributed by atoms with Crippen LogP contribution in [0, 0.1) is 5.82 Å². The predicted molar refractivity (Wildman–Crippen MR) is 106 cm³/mol. The maximum absolute atomic E-state index is 13.6. The van der Waals surface area contributed by atoms with E-state index in [1.54, 1.807) is 19.2 Å². The molecule has 1 heterocycles. The van der Waals surface area contributed by atoms with Crippen LogP contribution in [-0.2, 0) is 11.3 Å². The Morgan fingerprint density at radius 1 is 1.30 bits per heavy atom. The molecule has 1 aromatic rings. The predicted octanol–water partition coefficient (Wildman–Crippen LogP) is 3.02. The lowest BCUT2D eigenvalue weighted by atomic mass is 9.99. The lowest BCUT2D eigenvalue weighted by molar-refractivity contribution is 0.0783. The maximum Gasteiger partial charge on any atom is 0.191 e. The monoisotopic (exact) mass is 453 g/mol. The van der Waals surface area contributed by atoms with Gasteiger partial charge in [0.25, 0.3) is 0 Å². The molecule has 0 amide bonds. The molecule has 0 unspecified atom stereocenters. The Morgan fingerprint density at radius 3 is 2.61 bits per heavy atom. The number of rotatable bonds is 5. The van der Waals surface area contributed by atoms with E-state index in [-0.39, 0.29) is 34.5 Å². The minimum Gasteiger partial charge on any atom is -0.381 e. The van der Waals surface area contributed by atoms with Gasteiger partial charge in [0.15, 0.2) is 5.96 Å². The number of halogens is 2. The Labute approximate surface area is 159 Å². The number of guanidine groups is 1. The Balaban J connectivity index is 0.00000264. The average Bonchev–Trinajstić information content (AvgIpc) is 2.57. The minimum atomic E-state index is -0.199. The van der Waals surface area contributed by atoms with Gasteiger partial charge in [-0.15, -0.1) is 24.0 Å². The van der Waals surface area contributed by atoms with Crippen molar-refractivity contribution in [3.05, 3.63) is 35.6 Å². The SMILES string of the molecule is CN=C(NCc1ccccc1F)NCC1(SC)CCOCC1.I. The molecule has 0 saturated carbocycles. The van der Waals surface area contributed by atoms with E-state index in [0.717, 1.165) is 32.6 Å². The van der Waals surface area contributed by atoms with Gasteiger partial charge in [-0.3, -0.25) is 4.99 Å². The summed E-state index contributed by atoms with van der Waals surface area (Å²) in [5.74, 6) is 0.499. The van der Waals surface area contributed by atoms with Gasteiger partial charge < -0.3 is 15.4 Å². The van der Waals surface area contributed by atoms with Crippen LogP contribution in [-0.4, -0.2) is 43.8 Å². The molecular weight excluding hydrogens is 428 g/mol. The first-order valence-corrected chi connectivity index (χ1v) is 8.72. The molecular formula is C16H25FIN3OS. The number of thioether (sulfide) groups is 1. The molecule has 1 aromatic carbocycles. The van der Waals surface area contributed by atoms with Crippen LogP contribution in [0.3, 0.4) is 0 Å². The highest BCUT2D eigenvalue weighted by molar-refractivity contribution is 14.0. The first-order chi connectivity index (χ1) is 10.7. The quantitative estimate of drug-likeness (QED) is 0.409. The Hall–Kier alpha value is -0.540. The fraction of sp³-hybridized carbons (Fsp3) is 0.562. The van der Waals surface area contributed by atoms with Crippen molar-refractivity contribution in [2.24, 2.45) is 4.99 Å². The molecule has 0 aromatic heterocycles. The molecule has 2 rings (SSSR count). The summed E-state index contributed by atoms with van der Waals surface area (Å²) in [5, 5.41) is 6.53. The summed E-state index contributed by atoms with van der Waals surface area (Å²) in [6.45, 7) is 2.86. The van der Waals surface area contributed by atoms with Crippen molar-refractivity contribution in [3.63, 3.8) is 0 Å². The van der Waals surface area contributed by atoms with E-state index in [1.165, 1.54) is 6.07 Å². The molecule has 1 saturated heterocycles. The van der Waals surface area contributed by atoms with Crippen molar-refractivity contribution in [3.8, 4) is 0 Å². The fourth-order valence-electron chi connectivity index (χ4n) is 2.48. The van der Waals surface area contributed by atoms with Crippen molar-refractivity contribution in [2.75, 3.05) is 33.1 Å². The van der Waals surface area contributed by atoms with Gasteiger partial charge in [-0.2, -0.15) is 11.8 Å². The summed E-state index contributed by atoms with van der Waals surface area (Å²) < 4.78 is 19.3. The second-order valence-corrected chi connectivity index (χ2v) is 6.64. The first kappa shape index (κ1) is 20.5. The van der Waals surface area contributed by atoms with Crippen LogP contribution in [0.2, 0.25) is 0 Å². The number of nitrogens with zero attached hydrogens (tertiary/aromatic N) is 1. The maximum atomic E-state index is 13.6. The highest BCUT2D eigenvalue weighted by atomic mass is 127. The number of hydrogen-bond acceptors (Lipinski definition) is 3. The molecule has 130 valence electrons. The highest BCUT2D eigenvalue weighted by Crippen LogP contribution is 2.32. The summed E-state index contributed by atoms with van der Waals surface area (Å²) in [5.41, 5.74) is 0.635. The van der Waals surface area contributed by atoms with Gasteiger partial charge in [0.1, 0.15) is 5.82 Å².